The van der Waals surface area contributed by atoms with Crippen molar-refractivity contribution in [2.24, 2.45) is 10.9 Å². The summed E-state index contributed by atoms with van der Waals surface area (Å²) in [6.07, 6.45) is 7.17. The molecule has 1 aromatic carbocycles. The zero-order chi connectivity index (χ0) is 20.5. The second kappa shape index (κ2) is 8.61. The molecule has 0 amide bonds. The molecule has 0 radical (unpaired) electrons. The minimum atomic E-state index is -2.43. The molecule has 5 rings (SSSR count). The number of aromatic nitrogens is 2. The van der Waals surface area contributed by atoms with Gasteiger partial charge in [-0.15, -0.1) is 0 Å². The number of fused-ring (bicyclic) bond motifs is 2. The molecule has 1 fully saturated rings. The number of imidazole rings is 1. The van der Waals surface area contributed by atoms with Crippen molar-refractivity contribution in [1.82, 2.24) is 15.3 Å². The molecule has 0 spiro atoms. The van der Waals surface area contributed by atoms with Gasteiger partial charge in [0.1, 0.15) is 17.4 Å². The highest BCUT2D eigenvalue weighted by Crippen LogP contribution is 2.36. The lowest BCUT2D eigenvalue weighted by Crippen LogP contribution is -2.36. The number of aryl methyl sites for hydroxylation is 1. The van der Waals surface area contributed by atoms with Crippen LogP contribution in [0.4, 0.5) is 0 Å². The van der Waals surface area contributed by atoms with Crippen molar-refractivity contribution in [3.05, 3.63) is 52.6 Å². The molecule has 4 atom stereocenters. The molecule has 2 heterocycles. The van der Waals surface area contributed by atoms with E-state index in [0.717, 1.165) is 62.4 Å². The molecule has 8 heteroatoms. The number of hydrogen-bond donors (Lipinski definition) is 2. The number of nitrogens with one attached hydrogen (secondary N) is 2. The van der Waals surface area contributed by atoms with Crippen LogP contribution >= 0.6 is 0 Å². The predicted molar refractivity (Wildman–Crippen MR) is 114 cm³/mol. The largest absolute Gasteiger partial charge is 0.750 e. The summed E-state index contributed by atoms with van der Waals surface area (Å²) in [5.41, 5.74) is 4.97. The fraction of sp³-hybridized carbons (Fsp3) is 0.545. The lowest BCUT2D eigenvalue weighted by atomic mass is 9.82. The van der Waals surface area contributed by atoms with E-state index < -0.39 is 11.4 Å². The maximum absolute atomic E-state index is 10.6. The number of rotatable bonds is 5. The van der Waals surface area contributed by atoms with Gasteiger partial charge in [0.2, 0.25) is 0 Å². The molecule has 7 nitrogen and oxygen atoms in total. The third-order valence-corrected chi connectivity index (χ3v) is 6.96. The number of aliphatic imine (C=N–C) groups is 1. The maximum Gasteiger partial charge on any atom is 0.149 e. The summed E-state index contributed by atoms with van der Waals surface area (Å²) in [5, 5.41) is 3.58. The van der Waals surface area contributed by atoms with Gasteiger partial charge in [0.15, 0.2) is 0 Å². The Bertz CT molecular complexity index is 973. The van der Waals surface area contributed by atoms with Crippen LogP contribution in [0.25, 0.3) is 0 Å². The first-order chi connectivity index (χ1) is 14.7. The van der Waals surface area contributed by atoms with Gasteiger partial charge in [-0.3, -0.25) is 4.99 Å². The highest BCUT2D eigenvalue weighted by atomic mass is 32.2. The Balaban J connectivity index is 1.31. The second-order valence-corrected chi connectivity index (χ2v) is 9.23. The first kappa shape index (κ1) is 19.9. The summed E-state index contributed by atoms with van der Waals surface area (Å²) >= 11 is -2.43. The van der Waals surface area contributed by atoms with Crippen LogP contribution in [0.2, 0.25) is 0 Å². The molecule has 3 aliphatic rings. The van der Waals surface area contributed by atoms with E-state index in [1.165, 1.54) is 23.2 Å². The van der Waals surface area contributed by atoms with Crippen LogP contribution in [0, 0.1) is 5.92 Å². The lowest BCUT2D eigenvalue weighted by molar-refractivity contribution is 0.245. The summed E-state index contributed by atoms with van der Waals surface area (Å²) in [4.78, 5) is 13.4. The number of amidine groups is 1. The van der Waals surface area contributed by atoms with E-state index in [0.29, 0.717) is 5.92 Å². The molecule has 1 saturated carbocycles. The first-order valence-electron chi connectivity index (χ1n) is 10.9. The molecule has 1 aliphatic heterocycles. The molecule has 3 unspecified atom stereocenters. The second-order valence-electron chi connectivity index (χ2n) is 8.58. The van der Waals surface area contributed by atoms with E-state index in [2.05, 4.69) is 34.6 Å². The van der Waals surface area contributed by atoms with Crippen molar-refractivity contribution in [1.29, 1.82) is 0 Å². The van der Waals surface area contributed by atoms with Gasteiger partial charge in [0, 0.05) is 30.6 Å². The molecule has 2 N–H and O–H groups in total. The molecule has 160 valence electrons. The van der Waals surface area contributed by atoms with Gasteiger partial charge in [-0.25, -0.2) is 9.19 Å². The van der Waals surface area contributed by atoms with Gasteiger partial charge in [0.25, 0.3) is 0 Å². The fourth-order valence-electron chi connectivity index (χ4n) is 5.18. The maximum atomic E-state index is 10.6. The van der Waals surface area contributed by atoms with Crippen LogP contribution in [0.15, 0.2) is 29.3 Å². The number of hydrogen-bond acceptors (Lipinski definition) is 6. The van der Waals surface area contributed by atoms with Crippen LogP contribution in [0.1, 0.15) is 66.4 Å². The molecule has 0 saturated heterocycles. The average molecular weight is 428 g/mol. The minimum Gasteiger partial charge on any atom is -0.750 e. The highest BCUT2D eigenvalue weighted by Gasteiger charge is 2.30. The van der Waals surface area contributed by atoms with Crippen LogP contribution in [0.5, 0.6) is 0 Å². The van der Waals surface area contributed by atoms with Crippen molar-refractivity contribution in [3.63, 3.8) is 0 Å². The van der Waals surface area contributed by atoms with E-state index >= 15 is 0 Å². The van der Waals surface area contributed by atoms with Crippen LogP contribution in [-0.2, 0) is 28.4 Å². The van der Waals surface area contributed by atoms with Gasteiger partial charge >= 0.3 is 0 Å². The number of H-pyrrole nitrogens is 1. The van der Waals surface area contributed by atoms with Gasteiger partial charge in [-0.05, 0) is 55.6 Å². The summed E-state index contributed by atoms with van der Waals surface area (Å²) in [5.74, 6) is 2.52. The van der Waals surface area contributed by atoms with Crippen molar-refractivity contribution in [2.45, 2.75) is 56.9 Å². The SMILES string of the molecule is O=S([O-])OC[C@H]1CCC(NC2=NCCc3[nH]c(C4CCCc5ccccc54)nc32)C1. The monoisotopic (exact) mass is 427 g/mol. The summed E-state index contributed by atoms with van der Waals surface area (Å²) < 4.78 is 26.0. The number of benzene rings is 1. The van der Waals surface area contributed by atoms with Crippen molar-refractivity contribution in [2.75, 3.05) is 13.2 Å². The molecule has 2 aromatic rings. The Labute approximate surface area is 179 Å². The van der Waals surface area contributed by atoms with Crippen LogP contribution in [0.3, 0.4) is 0 Å². The number of nitrogens with zero attached hydrogens (tertiary/aromatic N) is 2. The molecule has 0 bridgehead atoms. The zero-order valence-corrected chi connectivity index (χ0v) is 17.7. The smallest absolute Gasteiger partial charge is 0.149 e. The number of aromatic amines is 1. The first-order valence-corrected chi connectivity index (χ1v) is 11.9. The van der Waals surface area contributed by atoms with Crippen molar-refractivity contribution < 1.29 is 12.9 Å². The normalized spacial score (nSPS) is 26.6. The van der Waals surface area contributed by atoms with E-state index in [1.807, 2.05) is 0 Å². The van der Waals surface area contributed by atoms with Gasteiger partial charge in [0.05, 0.1) is 18.0 Å². The Kier molecular flexibility index (Phi) is 5.71. The predicted octanol–water partition coefficient (Wildman–Crippen LogP) is 2.75. The third-order valence-electron chi connectivity index (χ3n) is 6.63. The Morgan fingerprint density at radius 1 is 1.23 bits per heavy atom. The van der Waals surface area contributed by atoms with E-state index in [-0.39, 0.29) is 18.6 Å². The zero-order valence-electron chi connectivity index (χ0n) is 16.9. The minimum absolute atomic E-state index is 0.262. The molecule has 30 heavy (non-hydrogen) atoms. The van der Waals surface area contributed by atoms with Gasteiger partial charge in [-0.2, -0.15) is 0 Å². The van der Waals surface area contributed by atoms with E-state index in [4.69, 9.17) is 14.2 Å². The van der Waals surface area contributed by atoms with Crippen molar-refractivity contribution >= 4 is 17.2 Å². The van der Waals surface area contributed by atoms with Gasteiger partial charge < -0.3 is 19.0 Å². The van der Waals surface area contributed by atoms with Crippen LogP contribution < -0.4 is 5.32 Å². The summed E-state index contributed by atoms with van der Waals surface area (Å²) in [7, 11) is 0. The third kappa shape index (κ3) is 4.08. The highest BCUT2D eigenvalue weighted by molar-refractivity contribution is 7.74. The van der Waals surface area contributed by atoms with Gasteiger partial charge in [-0.1, -0.05) is 24.3 Å². The topological polar surface area (TPSA) is 102 Å². The lowest BCUT2D eigenvalue weighted by Gasteiger charge is -2.23. The molecular weight excluding hydrogens is 400 g/mol. The Morgan fingerprint density at radius 3 is 3.03 bits per heavy atom. The quantitative estimate of drug-likeness (QED) is 0.715. The summed E-state index contributed by atoms with van der Waals surface area (Å²) in [6.45, 7) is 1.02. The average Bonchev–Trinajstić information content (AvgIpc) is 3.39. The Morgan fingerprint density at radius 2 is 2.13 bits per heavy atom. The molecule has 2 aliphatic carbocycles. The molecule has 1 aromatic heterocycles. The molecular formula is C22H27N4O3S-. The van der Waals surface area contributed by atoms with Crippen LogP contribution in [-0.4, -0.2) is 43.8 Å². The van der Waals surface area contributed by atoms with E-state index in [9.17, 15) is 8.76 Å². The van der Waals surface area contributed by atoms with E-state index in [1.54, 1.807) is 0 Å². The Hall–Kier alpha value is -2.03. The standard InChI is InChI=1S/C22H28N4O3S/c27-30(28)29-13-14-8-9-16(12-14)24-22-20-19(10-11-23-22)25-21(26-20)18-7-3-5-15-4-1-2-6-17(15)18/h1-2,4,6,14,16,18H,3,5,7-13H2,(H,23,24)(H,25,26)(H,27,28)/p-1/t14-,16?,18?/m0/s1. The summed E-state index contributed by atoms with van der Waals surface area (Å²) in [6, 6.07) is 9.00. The van der Waals surface area contributed by atoms with Crippen molar-refractivity contribution in [3.8, 4) is 0 Å². The fourth-order valence-corrected chi connectivity index (χ4v) is 5.48.